The number of aromatic hydroxyl groups is 1. The van der Waals surface area contributed by atoms with Crippen molar-refractivity contribution in [2.45, 2.75) is 33.0 Å². The van der Waals surface area contributed by atoms with E-state index in [1.165, 1.54) is 0 Å². The largest absolute Gasteiger partial charge is 0.550 e. The highest BCUT2D eigenvalue weighted by molar-refractivity contribution is 6.69. The van der Waals surface area contributed by atoms with Crippen molar-refractivity contribution in [2.24, 2.45) is 0 Å². The van der Waals surface area contributed by atoms with Crippen LogP contribution in [0.2, 0.25) is 19.6 Å². The predicted molar refractivity (Wildman–Crippen MR) is 70.1 cm³/mol. The van der Waals surface area contributed by atoms with Gasteiger partial charge in [0.2, 0.25) is 8.32 Å². The summed E-state index contributed by atoms with van der Waals surface area (Å²) in [6, 6.07) is 5.73. The smallest absolute Gasteiger partial charge is 0.241 e. The van der Waals surface area contributed by atoms with Crippen LogP contribution in [0.4, 0.5) is 0 Å². The molecule has 0 atom stereocenters. The molecule has 0 heterocycles. The fourth-order valence-corrected chi connectivity index (χ4v) is 1.78. The Kier molecular flexibility index (Phi) is 4.18. The molecule has 0 saturated heterocycles. The molecule has 0 aliphatic heterocycles. The Hall–Kier alpha value is -1.22. The number of aryl methyl sites for hydroxylation is 1. The number of benzene rings is 1. The highest BCUT2D eigenvalue weighted by Gasteiger charge is 2.12. The summed E-state index contributed by atoms with van der Waals surface area (Å²) in [5.74, 6) is 0.359. The summed E-state index contributed by atoms with van der Waals surface area (Å²) in [5, 5.41) is 9.68. The molecule has 0 radical (unpaired) electrons. The molecule has 0 spiro atoms. The Morgan fingerprint density at radius 2 is 2.00 bits per heavy atom. The number of hydrogen-bond acceptors (Lipinski definition) is 2. The average Bonchev–Trinajstić information content (AvgIpc) is 2.13. The Labute approximate surface area is 98.7 Å². The second kappa shape index (κ2) is 5.21. The molecule has 16 heavy (non-hydrogen) atoms. The van der Waals surface area contributed by atoms with Gasteiger partial charge in [0.15, 0.2) is 0 Å². The third-order valence-corrected chi connectivity index (χ3v) is 2.94. The van der Waals surface area contributed by atoms with Crippen LogP contribution in [-0.4, -0.2) is 13.4 Å². The Morgan fingerprint density at radius 1 is 1.31 bits per heavy atom. The highest BCUT2D eigenvalue weighted by Crippen LogP contribution is 2.19. The third-order valence-electron chi connectivity index (χ3n) is 2.10. The fraction of sp³-hybridized carbons (Fsp3) is 0.385. The summed E-state index contributed by atoms with van der Waals surface area (Å²) >= 11 is 0. The SMILES string of the molecule is Cc1ccc(CC=CO[Si](C)(C)C)c(O)c1. The molecule has 1 aromatic carbocycles. The maximum absolute atomic E-state index is 9.68. The van der Waals surface area contributed by atoms with Gasteiger partial charge in [-0.05, 0) is 56.3 Å². The predicted octanol–water partition coefficient (Wildman–Crippen LogP) is 3.61. The molecular formula is C13H20O2Si. The van der Waals surface area contributed by atoms with Crippen LogP contribution in [0.25, 0.3) is 0 Å². The van der Waals surface area contributed by atoms with E-state index in [4.69, 9.17) is 4.43 Å². The molecule has 0 saturated carbocycles. The lowest BCUT2D eigenvalue weighted by molar-refractivity contribution is 0.467. The molecule has 1 rings (SSSR count). The minimum atomic E-state index is -1.47. The van der Waals surface area contributed by atoms with E-state index in [0.29, 0.717) is 12.2 Å². The van der Waals surface area contributed by atoms with E-state index >= 15 is 0 Å². The van der Waals surface area contributed by atoms with E-state index in [2.05, 4.69) is 19.6 Å². The van der Waals surface area contributed by atoms with Crippen molar-refractivity contribution >= 4 is 8.32 Å². The summed E-state index contributed by atoms with van der Waals surface area (Å²) in [6.07, 6.45) is 4.41. The van der Waals surface area contributed by atoms with Gasteiger partial charge in [-0.15, -0.1) is 0 Å². The molecule has 0 amide bonds. The molecule has 0 aromatic heterocycles. The van der Waals surface area contributed by atoms with Gasteiger partial charge in [0.25, 0.3) is 0 Å². The van der Waals surface area contributed by atoms with Gasteiger partial charge in [-0.3, -0.25) is 0 Å². The topological polar surface area (TPSA) is 29.5 Å². The van der Waals surface area contributed by atoms with Gasteiger partial charge in [0.1, 0.15) is 5.75 Å². The zero-order valence-corrected chi connectivity index (χ0v) is 11.4. The molecule has 0 bridgehead atoms. The van der Waals surface area contributed by atoms with Crippen LogP contribution in [0, 0.1) is 6.92 Å². The maximum atomic E-state index is 9.68. The summed E-state index contributed by atoms with van der Waals surface area (Å²) in [5.41, 5.74) is 2.00. The number of phenolic OH excluding ortho intramolecular Hbond substituents is 1. The minimum absolute atomic E-state index is 0.359. The number of hydrogen-bond donors (Lipinski definition) is 1. The normalized spacial score (nSPS) is 12.0. The molecule has 0 unspecified atom stereocenters. The van der Waals surface area contributed by atoms with Crippen molar-refractivity contribution in [1.29, 1.82) is 0 Å². The molecule has 0 aliphatic carbocycles. The van der Waals surface area contributed by atoms with Crippen LogP contribution in [0.1, 0.15) is 11.1 Å². The van der Waals surface area contributed by atoms with Crippen LogP contribution in [-0.2, 0) is 10.8 Å². The molecule has 1 N–H and O–H groups in total. The lowest BCUT2D eigenvalue weighted by atomic mass is 10.1. The van der Waals surface area contributed by atoms with Gasteiger partial charge in [-0.25, -0.2) is 0 Å². The van der Waals surface area contributed by atoms with E-state index < -0.39 is 8.32 Å². The fourth-order valence-electron chi connectivity index (χ4n) is 1.27. The van der Waals surface area contributed by atoms with Crippen molar-refractivity contribution in [3.63, 3.8) is 0 Å². The van der Waals surface area contributed by atoms with Crippen molar-refractivity contribution in [3.8, 4) is 5.75 Å². The zero-order chi connectivity index (χ0) is 12.2. The van der Waals surface area contributed by atoms with Crippen molar-refractivity contribution in [3.05, 3.63) is 41.7 Å². The van der Waals surface area contributed by atoms with Gasteiger partial charge in [-0.1, -0.05) is 12.1 Å². The van der Waals surface area contributed by atoms with Gasteiger partial charge in [0.05, 0.1) is 6.26 Å². The summed E-state index contributed by atoms with van der Waals surface area (Å²) in [4.78, 5) is 0. The zero-order valence-electron chi connectivity index (χ0n) is 10.4. The molecule has 1 aromatic rings. The van der Waals surface area contributed by atoms with Crippen molar-refractivity contribution in [1.82, 2.24) is 0 Å². The average molecular weight is 236 g/mol. The molecule has 2 nitrogen and oxygen atoms in total. The second-order valence-corrected chi connectivity index (χ2v) is 9.40. The Balaban J connectivity index is 2.55. The number of phenols is 1. The quantitative estimate of drug-likeness (QED) is 0.639. The summed E-state index contributed by atoms with van der Waals surface area (Å²) in [7, 11) is -1.47. The Morgan fingerprint density at radius 3 is 2.56 bits per heavy atom. The highest BCUT2D eigenvalue weighted by atomic mass is 28.4. The van der Waals surface area contributed by atoms with Crippen molar-refractivity contribution in [2.75, 3.05) is 0 Å². The van der Waals surface area contributed by atoms with Crippen molar-refractivity contribution < 1.29 is 9.53 Å². The van der Waals surface area contributed by atoms with E-state index in [0.717, 1.165) is 11.1 Å². The second-order valence-electron chi connectivity index (χ2n) is 4.94. The molecule has 3 heteroatoms. The van der Waals surface area contributed by atoms with Gasteiger partial charge in [-0.2, -0.15) is 0 Å². The lowest BCUT2D eigenvalue weighted by Gasteiger charge is -2.14. The van der Waals surface area contributed by atoms with Crippen LogP contribution < -0.4 is 0 Å². The number of allylic oxidation sites excluding steroid dienone is 1. The summed E-state index contributed by atoms with van der Waals surface area (Å²) in [6.45, 7) is 8.38. The molecule has 88 valence electrons. The first kappa shape index (κ1) is 12.8. The van der Waals surface area contributed by atoms with E-state index in [-0.39, 0.29) is 0 Å². The first-order valence-corrected chi connectivity index (χ1v) is 8.90. The Bertz CT molecular complexity index is 378. The third kappa shape index (κ3) is 4.53. The van der Waals surface area contributed by atoms with Crippen LogP contribution in [0.15, 0.2) is 30.5 Å². The monoisotopic (exact) mass is 236 g/mol. The van der Waals surface area contributed by atoms with Crippen LogP contribution in [0.3, 0.4) is 0 Å². The van der Waals surface area contributed by atoms with E-state index in [1.807, 2.05) is 25.1 Å². The summed E-state index contributed by atoms with van der Waals surface area (Å²) < 4.78 is 5.59. The molecular weight excluding hydrogens is 216 g/mol. The van der Waals surface area contributed by atoms with E-state index in [9.17, 15) is 5.11 Å². The van der Waals surface area contributed by atoms with Crippen LogP contribution in [0.5, 0.6) is 5.75 Å². The number of rotatable bonds is 4. The van der Waals surface area contributed by atoms with Gasteiger partial charge in [0, 0.05) is 0 Å². The standard InChI is InChI=1S/C13H20O2Si/c1-11-7-8-12(13(14)10-11)6-5-9-15-16(2,3)4/h5,7-10,14H,6H2,1-4H3. The van der Waals surface area contributed by atoms with E-state index in [1.54, 1.807) is 12.3 Å². The van der Waals surface area contributed by atoms with Crippen LogP contribution >= 0.6 is 0 Å². The first-order chi connectivity index (χ1) is 7.38. The lowest BCUT2D eigenvalue weighted by Crippen LogP contribution is -2.21. The first-order valence-electron chi connectivity index (χ1n) is 5.50. The van der Waals surface area contributed by atoms with Gasteiger partial charge < -0.3 is 9.53 Å². The molecule has 0 fully saturated rings. The van der Waals surface area contributed by atoms with Gasteiger partial charge >= 0.3 is 0 Å². The minimum Gasteiger partial charge on any atom is -0.550 e. The molecule has 0 aliphatic rings. The maximum Gasteiger partial charge on any atom is 0.241 e.